The standard InChI is InChI=1S/C16H27NO5/c1-15(2,3)12-8-11(18)10(13(19)21-7)9-17(12)14(20)22-16(4,5)6/h12,18H,8-9H2,1-7H3/t12-/m1/s1. The summed E-state index contributed by atoms with van der Waals surface area (Å²) in [6, 6.07) is -0.268. The largest absolute Gasteiger partial charge is 0.512 e. The molecule has 0 aromatic rings. The van der Waals surface area contributed by atoms with Crippen LogP contribution in [-0.2, 0) is 14.3 Å². The Labute approximate surface area is 132 Å². The van der Waals surface area contributed by atoms with Crippen molar-refractivity contribution in [2.24, 2.45) is 5.41 Å². The number of hydrogen-bond acceptors (Lipinski definition) is 5. The number of amides is 1. The number of aliphatic hydroxyl groups is 1. The number of methoxy groups -OCH3 is 1. The average molecular weight is 313 g/mol. The Kier molecular flexibility index (Phi) is 5.15. The normalized spacial score (nSPS) is 20.0. The topological polar surface area (TPSA) is 76.1 Å². The Morgan fingerprint density at radius 3 is 2.14 bits per heavy atom. The predicted octanol–water partition coefficient (Wildman–Crippen LogP) is 3.03. The Hall–Kier alpha value is -1.72. The molecule has 0 aliphatic carbocycles. The van der Waals surface area contributed by atoms with Gasteiger partial charge in [-0.15, -0.1) is 0 Å². The van der Waals surface area contributed by atoms with Crippen LogP contribution in [0.4, 0.5) is 4.79 Å². The lowest BCUT2D eigenvalue weighted by Gasteiger charge is -2.43. The highest BCUT2D eigenvalue weighted by atomic mass is 16.6. The fourth-order valence-electron chi connectivity index (χ4n) is 2.38. The summed E-state index contributed by atoms with van der Waals surface area (Å²) in [4.78, 5) is 25.7. The maximum Gasteiger partial charge on any atom is 0.410 e. The second kappa shape index (κ2) is 6.18. The molecule has 0 aromatic heterocycles. The third-order valence-electron chi connectivity index (χ3n) is 3.50. The van der Waals surface area contributed by atoms with Gasteiger partial charge in [-0.3, -0.25) is 4.90 Å². The van der Waals surface area contributed by atoms with E-state index in [-0.39, 0.29) is 35.8 Å². The maximum absolute atomic E-state index is 12.5. The van der Waals surface area contributed by atoms with Crippen molar-refractivity contribution in [1.82, 2.24) is 4.90 Å². The van der Waals surface area contributed by atoms with Gasteiger partial charge in [0.15, 0.2) is 0 Å². The molecule has 1 amide bonds. The van der Waals surface area contributed by atoms with E-state index in [1.165, 1.54) is 12.0 Å². The molecule has 0 bridgehead atoms. The quantitative estimate of drug-likeness (QED) is 0.753. The molecule has 0 saturated heterocycles. The molecule has 6 heteroatoms. The van der Waals surface area contributed by atoms with E-state index in [9.17, 15) is 14.7 Å². The third-order valence-corrected chi connectivity index (χ3v) is 3.50. The first kappa shape index (κ1) is 18.3. The predicted molar refractivity (Wildman–Crippen MR) is 82.5 cm³/mol. The van der Waals surface area contributed by atoms with Crippen LogP contribution in [0.5, 0.6) is 0 Å². The minimum absolute atomic E-state index is 0.0185. The van der Waals surface area contributed by atoms with E-state index in [0.717, 1.165) is 0 Å². The van der Waals surface area contributed by atoms with Crippen LogP contribution in [-0.4, -0.2) is 47.4 Å². The summed E-state index contributed by atoms with van der Waals surface area (Å²) in [5.74, 6) is -0.648. The van der Waals surface area contributed by atoms with Gasteiger partial charge in [0.25, 0.3) is 0 Å². The van der Waals surface area contributed by atoms with Crippen LogP contribution >= 0.6 is 0 Å². The van der Waals surface area contributed by atoms with E-state index in [2.05, 4.69) is 4.74 Å². The summed E-state index contributed by atoms with van der Waals surface area (Å²) in [5, 5.41) is 10.1. The van der Waals surface area contributed by atoms with Gasteiger partial charge in [-0.2, -0.15) is 0 Å². The lowest BCUT2D eigenvalue weighted by molar-refractivity contribution is -0.137. The van der Waals surface area contributed by atoms with Gasteiger partial charge < -0.3 is 14.6 Å². The van der Waals surface area contributed by atoms with Crippen molar-refractivity contribution in [2.45, 2.75) is 59.6 Å². The highest BCUT2D eigenvalue weighted by Crippen LogP contribution is 2.34. The summed E-state index contributed by atoms with van der Waals surface area (Å²) in [6.45, 7) is 11.3. The van der Waals surface area contributed by atoms with Crippen LogP contribution in [0.15, 0.2) is 11.3 Å². The van der Waals surface area contributed by atoms with Gasteiger partial charge in [-0.1, -0.05) is 20.8 Å². The van der Waals surface area contributed by atoms with E-state index in [1.807, 2.05) is 20.8 Å². The molecule has 0 radical (unpaired) electrons. The minimum atomic E-state index is -0.631. The molecule has 126 valence electrons. The SMILES string of the molecule is COC(=O)C1=C(O)C[C@H](C(C)(C)C)N(C(=O)OC(C)(C)C)C1. The fraction of sp³-hybridized carbons (Fsp3) is 0.750. The van der Waals surface area contributed by atoms with Gasteiger partial charge in [0, 0.05) is 12.5 Å². The zero-order chi connectivity index (χ0) is 17.3. The Morgan fingerprint density at radius 2 is 1.73 bits per heavy atom. The Morgan fingerprint density at radius 1 is 1.18 bits per heavy atom. The van der Waals surface area contributed by atoms with Gasteiger partial charge in [0.1, 0.15) is 11.4 Å². The maximum atomic E-state index is 12.5. The van der Waals surface area contributed by atoms with Gasteiger partial charge in [0.2, 0.25) is 0 Å². The highest BCUT2D eigenvalue weighted by molar-refractivity contribution is 5.90. The smallest absolute Gasteiger partial charge is 0.410 e. The molecule has 0 unspecified atom stereocenters. The zero-order valence-corrected chi connectivity index (χ0v) is 14.5. The second-order valence-corrected chi connectivity index (χ2v) is 7.61. The lowest BCUT2D eigenvalue weighted by atomic mass is 9.81. The first-order chi connectivity index (χ1) is 9.86. The van der Waals surface area contributed by atoms with Crippen LogP contribution in [0.3, 0.4) is 0 Å². The number of rotatable bonds is 1. The molecule has 1 aliphatic heterocycles. The summed E-state index contributed by atoms with van der Waals surface area (Å²) >= 11 is 0. The molecule has 1 heterocycles. The zero-order valence-electron chi connectivity index (χ0n) is 14.5. The third kappa shape index (κ3) is 4.39. The molecule has 0 aromatic carbocycles. The minimum Gasteiger partial charge on any atom is -0.512 e. The molecule has 1 rings (SSSR count). The van der Waals surface area contributed by atoms with Crippen molar-refractivity contribution in [2.75, 3.05) is 13.7 Å². The highest BCUT2D eigenvalue weighted by Gasteiger charge is 2.41. The molecule has 1 aliphatic rings. The summed E-state index contributed by atoms with van der Waals surface area (Å²) in [6.07, 6.45) is -0.297. The molecule has 1 atom stereocenters. The summed E-state index contributed by atoms with van der Waals surface area (Å²) < 4.78 is 10.1. The van der Waals surface area contributed by atoms with Crippen molar-refractivity contribution in [3.05, 3.63) is 11.3 Å². The number of nitrogens with zero attached hydrogens (tertiary/aromatic N) is 1. The summed E-state index contributed by atoms with van der Waals surface area (Å²) in [7, 11) is 1.25. The molecule has 0 spiro atoms. The molecule has 0 fully saturated rings. The number of esters is 1. The summed E-state index contributed by atoms with van der Waals surface area (Å²) in [5.41, 5.74) is -0.797. The Balaban J connectivity index is 3.15. The molecule has 0 saturated carbocycles. The monoisotopic (exact) mass is 313 g/mol. The average Bonchev–Trinajstić information content (AvgIpc) is 2.34. The van der Waals surface area contributed by atoms with E-state index >= 15 is 0 Å². The van der Waals surface area contributed by atoms with Gasteiger partial charge in [-0.05, 0) is 26.2 Å². The first-order valence-electron chi connectivity index (χ1n) is 7.35. The van der Waals surface area contributed by atoms with Crippen molar-refractivity contribution < 1.29 is 24.2 Å². The van der Waals surface area contributed by atoms with E-state index in [1.54, 1.807) is 20.8 Å². The molecular formula is C16H27NO5. The van der Waals surface area contributed by atoms with Crippen LogP contribution in [0.2, 0.25) is 0 Å². The molecular weight excluding hydrogens is 286 g/mol. The fourth-order valence-corrected chi connectivity index (χ4v) is 2.38. The van der Waals surface area contributed by atoms with Crippen LogP contribution in [0.25, 0.3) is 0 Å². The Bertz CT molecular complexity index is 482. The van der Waals surface area contributed by atoms with Crippen LogP contribution < -0.4 is 0 Å². The van der Waals surface area contributed by atoms with Gasteiger partial charge in [0.05, 0.1) is 19.2 Å². The molecule has 1 N–H and O–H groups in total. The van der Waals surface area contributed by atoms with Gasteiger partial charge in [-0.25, -0.2) is 9.59 Å². The lowest BCUT2D eigenvalue weighted by Crippen LogP contribution is -2.53. The number of carbonyl (C=O) groups excluding carboxylic acids is 2. The van der Waals surface area contributed by atoms with Crippen LogP contribution in [0, 0.1) is 5.41 Å². The second-order valence-electron chi connectivity index (χ2n) is 7.61. The van der Waals surface area contributed by atoms with E-state index in [4.69, 9.17) is 4.74 Å². The number of hydrogen-bond donors (Lipinski definition) is 1. The van der Waals surface area contributed by atoms with Crippen molar-refractivity contribution in [3.8, 4) is 0 Å². The first-order valence-corrected chi connectivity index (χ1v) is 7.35. The molecule has 6 nitrogen and oxygen atoms in total. The van der Waals surface area contributed by atoms with Crippen molar-refractivity contribution >= 4 is 12.1 Å². The number of ether oxygens (including phenoxy) is 2. The van der Waals surface area contributed by atoms with E-state index in [0.29, 0.717) is 0 Å². The van der Waals surface area contributed by atoms with Crippen molar-refractivity contribution in [3.63, 3.8) is 0 Å². The number of aliphatic hydroxyl groups excluding tert-OH is 1. The van der Waals surface area contributed by atoms with Crippen LogP contribution in [0.1, 0.15) is 48.0 Å². The number of carbonyl (C=O) groups is 2. The van der Waals surface area contributed by atoms with Crippen molar-refractivity contribution in [1.29, 1.82) is 0 Å². The van der Waals surface area contributed by atoms with Gasteiger partial charge >= 0.3 is 12.1 Å². The molecule has 22 heavy (non-hydrogen) atoms. The van der Waals surface area contributed by atoms with E-state index < -0.39 is 17.7 Å².